The highest BCUT2D eigenvalue weighted by Gasteiger charge is 2.49. The minimum atomic E-state index is -1.09. The second kappa shape index (κ2) is 6.21. The molecule has 0 aromatic carbocycles. The lowest BCUT2D eigenvalue weighted by molar-refractivity contribution is -0.147. The number of aliphatic hydroxyl groups is 1. The maximum absolute atomic E-state index is 12.5. The third kappa shape index (κ3) is 2.93. The molecule has 1 saturated heterocycles. The molecule has 0 bridgehead atoms. The maximum atomic E-state index is 12.5. The number of fused-ring (bicyclic) bond motifs is 2. The van der Waals surface area contributed by atoms with Crippen molar-refractivity contribution in [2.45, 2.75) is 38.3 Å². The van der Waals surface area contributed by atoms with E-state index in [1.165, 1.54) is 11.6 Å². The molecule has 26 heavy (non-hydrogen) atoms. The Hall–Kier alpha value is -2.18. The van der Waals surface area contributed by atoms with Gasteiger partial charge in [0.25, 0.3) is 0 Å². The zero-order chi connectivity index (χ0) is 18.6. The fourth-order valence-corrected chi connectivity index (χ4v) is 4.15. The Balaban J connectivity index is 1.63. The number of allylic oxidation sites excluding steroid dienone is 1. The van der Waals surface area contributed by atoms with Gasteiger partial charge in [-0.15, -0.1) is 0 Å². The number of rotatable bonds is 2. The van der Waals surface area contributed by atoms with Gasteiger partial charge in [0.15, 0.2) is 6.29 Å². The van der Waals surface area contributed by atoms with E-state index in [1.54, 1.807) is 0 Å². The van der Waals surface area contributed by atoms with Gasteiger partial charge in [0.05, 0.1) is 18.1 Å². The second-order valence-corrected chi connectivity index (χ2v) is 7.48. The Morgan fingerprint density at radius 2 is 2.08 bits per heavy atom. The lowest BCUT2D eigenvalue weighted by atomic mass is 9.87. The number of aliphatic hydroxyl groups excluding tert-OH is 1. The van der Waals surface area contributed by atoms with Gasteiger partial charge in [0, 0.05) is 12.0 Å². The predicted molar refractivity (Wildman–Crippen MR) is 91.5 cm³/mol. The Labute approximate surface area is 151 Å². The molecular weight excluding hydrogens is 336 g/mol. The minimum Gasteiger partial charge on any atom is -0.458 e. The summed E-state index contributed by atoms with van der Waals surface area (Å²) in [5.74, 6) is -0.652. The number of carbonyl (C=O) groups excluding carboxylic acids is 2. The first-order valence-electron chi connectivity index (χ1n) is 8.82. The van der Waals surface area contributed by atoms with E-state index in [4.69, 9.17) is 14.2 Å². The molecule has 138 valence electrons. The first-order chi connectivity index (χ1) is 12.3. The molecule has 0 aromatic heterocycles. The second-order valence-electron chi connectivity index (χ2n) is 7.48. The average Bonchev–Trinajstić information content (AvgIpc) is 3.19. The quantitative estimate of drug-likeness (QED) is 0.461. The fraction of sp³-hybridized carbons (Fsp3) is 0.500. The van der Waals surface area contributed by atoms with E-state index in [2.05, 4.69) is 13.2 Å². The molecule has 4 aliphatic rings. The van der Waals surface area contributed by atoms with Crippen LogP contribution in [0.3, 0.4) is 0 Å². The van der Waals surface area contributed by atoms with Gasteiger partial charge in [0.2, 0.25) is 0 Å². The summed E-state index contributed by atoms with van der Waals surface area (Å²) < 4.78 is 16.2. The molecule has 1 N–H and O–H groups in total. The minimum absolute atomic E-state index is 0.00183. The van der Waals surface area contributed by atoms with Crippen LogP contribution in [0.15, 0.2) is 47.6 Å². The number of hydrogen-bond donors (Lipinski definition) is 1. The van der Waals surface area contributed by atoms with E-state index in [-0.39, 0.29) is 12.2 Å². The zero-order valence-corrected chi connectivity index (χ0v) is 14.6. The van der Waals surface area contributed by atoms with E-state index in [9.17, 15) is 14.7 Å². The van der Waals surface area contributed by atoms with Crippen molar-refractivity contribution in [3.8, 4) is 0 Å². The Morgan fingerprint density at radius 1 is 1.31 bits per heavy atom. The summed E-state index contributed by atoms with van der Waals surface area (Å²) in [5, 5.41) is 9.41. The van der Waals surface area contributed by atoms with Crippen molar-refractivity contribution in [1.82, 2.24) is 0 Å². The van der Waals surface area contributed by atoms with Gasteiger partial charge in [-0.25, -0.2) is 9.59 Å². The van der Waals surface area contributed by atoms with Crippen molar-refractivity contribution < 1.29 is 28.9 Å². The van der Waals surface area contributed by atoms with Gasteiger partial charge in [-0.1, -0.05) is 24.3 Å². The SMILES string of the molecule is C=C1C(=O)O[C@@H]2/C=C(/C)[C@@H]3C[C@H]3C(=C)C[C@@H](OC(=O)C3=C[C@H](O)OC3)[C@@H]12. The molecule has 2 aliphatic heterocycles. The first kappa shape index (κ1) is 17.2. The van der Waals surface area contributed by atoms with Crippen LogP contribution in [0.1, 0.15) is 19.8 Å². The first-order valence-corrected chi connectivity index (χ1v) is 8.82. The molecule has 1 saturated carbocycles. The third-order valence-electron chi connectivity index (χ3n) is 5.73. The van der Waals surface area contributed by atoms with Crippen molar-refractivity contribution in [1.29, 1.82) is 0 Å². The topological polar surface area (TPSA) is 82.1 Å². The van der Waals surface area contributed by atoms with Gasteiger partial charge in [-0.2, -0.15) is 0 Å². The summed E-state index contributed by atoms with van der Waals surface area (Å²) in [7, 11) is 0. The van der Waals surface area contributed by atoms with E-state index < -0.39 is 36.4 Å². The Kier molecular flexibility index (Phi) is 4.12. The van der Waals surface area contributed by atoms with Crippen molar-refractivity contribution >= 4 is 11.9 Å². The Bertz CT molecular complexity index is 760. The third-order valence-corrected chi connectivity index (χ3v) is 5.73. The van der Waals surface area contributed by atoms with Crippen molar-refractivity contribution in [2.75, 3.05) is 6.61 Å². The normalized spacial score (nSPS) is 40.9. The maximum Gasteiger partial charge on any atom is 0.336 e. The highest BCUT2D eigenvalue weighted by molar-refractivity contribution is 5.92. The van der Waals surface area contributed by atoms with Crippen LogP contribution in [-0.4, -0.2) is 42.1 Å². The number of esters is 2. The number of carbonyl (C=O) groups is 2. The van der Waals surface area contributed by atoms with Gasteiger partial charge in [-0.05, 0) is 37.3 Å². The van der Waals surface area contributed by atoms with E-state index in [1.807, 2.05) is 13.0 Å². The van der Waals surface area contributed by atoms with Gasteiger partial charge in [0.1, 0.15) is 12.2 Å². The summed E-state index contributed by atoms with van der Waals surface area (Å²) in [6.07, 6.45) is 2.61. The molecule has 0 radical (unpaired) electrons. The number of hydrogen-bond acceptors (Lipinski definition) is 6. The van der Waals surface area contributed by atoms with Crippen LogP contribution in [0, 0.1) is 17.8 Å². The molecular formula is C20H22O6. The molecule has 0 spiro atoms. The highest BCUT2D eigenvalue weighted by Crippen LogP contribution is 2.52. The smallest absolute Gasteiger partial charge is 0.336 e. The van der Waals surface area contributed by atoms with Crippen LogP contribution in [0.4, 0.5) is 0 Å². The van der Waals surface area contributed by atoms with Crippen LogP contribution >= 0.6 is 0 Å². The average molecular weight is 358 g/mol. The van der Waals surface area contributed by atoms with Crippen molar-refractivity contribution in [2.24, 2.45) is 17.8 Å². The largest absolute Gasteiger partial charge is 0.458 e. The van der Waals surface area contributed by atoms with Crippen LogP contribution in [-0.2, 0) is 23.8 Å². The summed E-state index contributed by atoms with van der Waals surface area (Å²) >= 11 is 0. The van der Waals surface area contributed by atoms with E-state index in [0.29, 0.717) is 23.8 Å². The Morgan fingerprint density at radius 3 is 2.77 bits per heavy atom. The van der Waals surface area contributed by atoms with E-state index >= 15 is 0 Å². The summed E-state index contributed by atoms with van der Waals surface area (Å²) in [4.78, 5) is 24.6. The standard InChI is InChI=1S/C20H22O6/c1-9-4-15-18(11(3)19(22)25-15)16(5-10(2)14-7-13(9)14)26-20(23)12-6-17(21)24-8-12/h4,6,13-18,21H,2-3,5,7-8H2,1H3/b9-4-/t13-,14-,15+,16+,17+,18-/m0/s1. The molecule has 6 nitrogen and oxygen atoms in total. The molecule has 0 aromatic rings. The monoisotopic (exact) mass is 358 g/mol. The molecule has 0 amide bonds. The van der Waals surface area contributed by atoms with Crippen LogP contribution in [0.5, 0.6) is 0 Å². The van der Waals surface area contributed by atoms with Gasteiger partial charge < -0.3 is 19.3 Å². The van der Waals surface area contributed by atoms with Crippen molar-refractivity contribution in [3.63, 3.8) is 0 Å². The van der Waals surface area contributed by atoms with Gasteiger partial charge in [-0.3, -0.25) is 0 Å². The highest BCUT2D eigenvalue weighted by atomic mass is 16.6. The lowest BCUT2D eigenvalue weighted by Gasteiger charge is -2.26. The van der Waals surface area contributed by atoms with Gasteiger partial charge >= 0.3 is 11.9 Å². The van der Waals surface area contributed by atoms with Crippen molar-refractivity contribution in [3.05, 3.63) is 47.6 Å². The molecule has 6 heteroatoms. The van der Waals surface area contributed by atoms with Crippen LogP contribution in [0.2, 0.25) is 0 Å². The molecule has 4 rings (SSSR count). The molecule has 2 fully saturated rings. The molecule has 0 unspecified atom stereocenters. The fourth-order valence-electron chi connectivity index (χ4n) is 4.15. The predicted octanol–water partition coefficient (Wildman–Crippen LogP) is 1.81. The molecule has 2 aliphatic carbocycles. The summed E-state index contributed by atoms with van der Waals surface area (Å²) in [5.41, 5.74) is 2.78. The van der Waals surface area contributed by atoms with Crippen LogP contribution in [0.25, 0.3) is 0 Å². The zero-order valence-electron chi connectivity index (χ0n) is 14.6. The summed E-state index contributed by atoms with van der Waals surface area (Å²) in [6.45, 7) is 10.1. The molecule has 6 atom stereocenters. The van der Waals surface area contributed by atoms with E-state index in [0.717, 1.165) is 12.0 Å². The molecule has 2 heterocycles. The lowest BCUT2D eigenvalue weighted by Crippen LogP contribution is -2.33. The van der Waals surface area contributed by atoms with Crippen LogP contribution < -0.4 is 0 Å². The number of ether oxygens (including phenoxy) is 3. The summed E-state index contributed by atoms with van der Waals surface area (Å²) in [6, 6.07) is 0.